The van der Waals surface area contributed by atoms with E-state index in [9.17, 15) is 10.1 Å². The van der Waals surface area contributed by atoms with Crippen molar-refractivity contribution in [2.75, 3.05) is 6.61 Å². The summed E-state index contributed by atoms with van der Waals surface area (Å²) in [6.07, 6.45) is 3.14. The SMILES string of the molecule is CCOc1ccc([N+](=O)[O-])cc1CNC1CCc2ccccc2C1. The van der Waals surface area contributed by atoms with E-state index in [1.54, 1.807) is 12.1 Å². The predicted molar refractivity (Wildman–Crippen MR) is 93.4 cm³/mol. The topological polar surface area (TPSA) is 64.4 Å². The summed E-state index contributed by atoms with van der Waals surface area (Å²) < 4.78 is 5.61. The van der Waals surface area contributed by atoms with E-state index in [-0.39, 0.29) is 10.6 Å². The Morgan fingerprint density at radius 1 is 1.25 bits per heavy atom. The zero-order chi connectivity index (χ0) is 16.9. The van der Waals surface area contributed by atoms with Crippen LogP contribution in [0.3, 0.4) is 0 Å². The first-order valence-corrected chi connectivity index (χ1v) is 8.37. The highest BCUT2D eigenvalue weighted by molar-refractivity contribution is 5.44. The standard InChI is InChI=1S/C19H22N2O3/c1-2-24-19-10-9-18(21(22)23)12-16(19)13-20-17-8-7-14-5-3-4-6-15(14)11-17/h3-6,9-10,12,17,20H,2,7-8,11,13H2,1H3. The summed E-state index contributed by atoms with van der Waals surface area (Å²) in [5.41, 5.74) is 3.76. The molecule has 0 heterocycles. The molecule has 126 valence electrons. The van der Waals surface area contributed by atoms with Gasteiger partial charge in [-0.25, -0.2) is 0 Å². The summed E-state index contributed by atoms with van der Waals surface area (Å²) in [5.74, 6) is 0.715. The summed E-state index contributed by atoms with van der Waals surface area (Å²) in [5, 5.41) is 14.6. The molecule has 0 bridgehead atoms. The van der Waals surface area contributed by atoms with Gasteiger partial charge in [0.05, 0.1) is 11.5 Å². The summed E-state index contributed by atoms with van der Waals surface area (Å²) in [4.78, 5) is 10.6. The Bertz CT molecular complexity index is 730. The van der Waals surface area contributed by atoms with Gasteiger partial charge in [0.1, 0.15) is 5.75 Å². The molecule has 24 heavy (non-hydrogen) atoms. The van der Waals surface area contributed by atoms with Crippen LogP contribution in [-0.4, -0.2) is 17.6 Å². The Balaban J connectivity index is 1.70. The molecular formula is C19H22N2O3. The van der Waals surface area contributed by atoms with E-state index < -0.39 is 0 Å². The summed E-state index contributed by atoms with van der Waals surface area (Å²) >= 11 is 0. The van der Waals surface area contributed by atoms with Gasteiger partial charge in [0.15, 0.2) is 0 Å². The third-order valence-corrected chi connectivity index (χ3v) is 4.48. The van der Waals surface area contributed by atoms with E-state index in [1.807, 2.05) is 6.92 Å². The largest absolute Gasteiger partial charge is 0.494 e. The molecule has 5 nitrogen and oxygen atoms in total. The van der Waals surface area contributed by atoms with E-state index in [2.05, 4.69) is 29.6 Å². The van der Waals surface area contributed by atoms with Crippen LogP contribution in [0.1, 0.15) is 30.0 Å². The molecule has 0 radical (unpaired) electrons. The zero-order valence-electron chi connectivity index (χ0n) is 13.8. The number of aryl methyl sites for hydroxylation is 1. The number of fused-ring (bicyclic) bond motifs is 1. The van der Waals surface area contributed by atoms with E-state index in [0.29, 0.717) is 24.9 Å². The Morgan fingerprint density at radius 2 is 2.04 bits per heavy atom. The maximum Gasteiger partial charge on any atom is 0.270 e. The van der Waals surface area contributed by atoms with Crippen LogP contribution < -0.4 is 10.1 Å². The molecule has 2 aromatic rings. The van der Waals surface area contributed by atoms with Crippen LogP contribution in [0.5, 0.6) is 5.75 Å². The third kappa shape index (κ3) is 3.74. The van der Waals surface area contributed by atoms with Crippen molar-refractivity contribution in [2.24, 2.45) is 0 Å². The molecule has 0 aromatic heterocycles. The minimum atomic E-state index is -0.365. The second-order valence-corrected chi connectivity index (χ2v) is 6.07. The van der Waals surface area contributed by atoms with Crippen LogP contribution >= 0.6 is 0 Å². The highest BCUT2D eigenvalue weighted by atomic mass is 16.6. The van der Waals surface area contributed by atoms with E-state index in [1.165, 1.54) is 17.2 Å². The number of rotatable bonds is 6. The molecule has 0 saturated carbocycles. The molecular weight excluding hydrogens is 304 g/mol. The van der Waals surface area contributed by atoms with E-state index in [4.69, 9.17) is 4.74 Å². The molecule has 3 rings (SSSR count). The molecule has 2 aromatic carbocycles. The molecule has 0 amide bonds. The lowest BCUT2D eigenvalue weighted by Gasteiger charge is -2.26. The van der Waals surface area contributed by atoms with Gasteiger partial charge < -0.3 is 10.1 Å². The number of nitrogens with zero attached hydrogens (tertiary/aromatic N) is 1. The van der Waals surface area contributed by atoms with Gasteiger partial charge in [0, 0.05) is 30.3 Å². The van der Waals surface area contributed by atoms with Crippen molar-refractivity contribution < 1.29 is 9.66 Å². The fourth-order valence-corrected chi connectivity index (χ4v) is 3.24. The molecule has 1 atom stereocenters. The maximum absolute atomic E-state index is 11.0. The van der Waals surface area contributed by atoms with E-state index >= 15 is 0 Å². The third-order valence-electron chi connectivity index (χ3n) is 4.48. The van der Waals surface area contributed by atoms with Gasteiger partial charge in [-0.2, -0.15) is 0 Å². The van der Waals surface area contributed by atoms with Crippen LogP contribution in [0.25, 0.3) is 0 Å². The molecule has 1 unspecified atom stereocenters. The molecule has 0 spiro atoms. The highest BCUT2D eigenvalue weighted by Gasteiger charge is 2.19. The predicted octanol–water partition coefficient (Wildman–Crippen LogP) is 3.64. The lowest BCUT2D eigenvalue weighted by molar-refractivity contribution is -0.384. The lowest BCUT2D eigenvalue weighted by atomic mass is 9.88. The molecule has 1 aliphatic rings. The van der Waals surface area contributed by atoms with Crippen molar-refractivity contribution in [3.8, 4) is 5.75 Å². The zero-order valence-corrected chi connectivity index (χ0v) is 13.8. The molecule has 0 saturated heterocycles. The van der Waals surface area contributed by atoms with Crippen LogP contribution in [0, 0.1) is 10.1 Å². The number of ether oxygens (including phenoxy) is 1. The normalized spacial score (nSPS) is 16.5. The van der Waals surface area contributed by atoms with Crippen LogP contribution in [-0.2, 0) is 19.4 Å². The second kappa shape index (κ2) is 7.45. The van der Waals surface area contributed by atoms with E-state index in [0.717, 1.165) is 24.8 Å². The first kappa shape index (κ1) is 16.5. The molecule has 5 heteroatoms. The number of nitrogens with one attached hydrogen (secondary N) is 1. The van der Waals surface area contributed by atoms with Crippen LogP contribution in [0.4, 0.5) is 5.69 Å². The molecule has 1 aliphatic carbocycles. The quantitative estimate of drug-likeness (QED) is 0.650. The molecule has 1 N–H and O–H groups in total. The second-order valence-electron chi connectivity index (χ2n) is 6.07. The molecule has 0 aliphatic heterocycles. The number of hydrogen-bond acceptors (Lipinski definition) is 4. The lowest BCUT2D eigenvalue weighted by Crippen LogP contribution is -2.34. The Morgan fingerprint density at radius 3 is 2.79 bits per heavy atom. The van der Waals surface area contributed by atoms with Crippen molar-refractivity contribution >= 4 is 5.69 Å². The van der Waals surface area contributed by atoms with Crippen LogP contribution in [0.15, 0.2) is 42.5 Å². The van der Waals surface area contributed by atoms with Gasteiger partial charge in [0.2, 0.25) is 0 Å². The summed E-state index contributed by atoms with van der Waals surface area (Å²) in [6.45, 7) is 3.03. The van der Waals surface area contributed by atoms with Crippen molar-refractivity contribution in [1.82, 2.24) is 5.32 Å². The minimum absolute atomic E-state index is 0.101. The fourth-order valence-electron chi connectivity index (χ4n) is 3.24. The number of nitro benzene ring substituents is 1. The summed E-state index contributed by atoms with van der Waals surface area (Å²) in [6, 6.07) is 13.7. The van der Waals surface area contributed by atoms with Crippen molar-refractivity contribution in [3.63, 3.8) is 0 Å². The maximum atomic E-state index is 11.0. The van der Waals surface area contributed by atoms with Crippen molar-refractivity contribution in [1.29, 1.82) is 0 Å². The van der Waals surface area contributed by atoms with Gasteiger partial charge in [-0.3, -0.25) is 10.1 Å². The smallest absolute Gasteiger partial charge is 0.270 e. The number of non-ortho nitro benzene ring substituents is 1. The monoisotopic (exact) mass is 326 g/mol. The van der Waals surface area contributed by atoms with Crippen molar-refractivity contribution in [2.45, 2.75) is 38.8 Å². The van der Waals surface area contributed by atoms with Gasteiger partial charge in [-0.1, -0.05) is 24.3 Å². The highest BCUT2D eigenvalue weighted by Crippen LogP contribution is 2.26. The Labute approximate surface area is 141 Å². The fraction of sp³-hybridized carbons (Fsp3) is 0.368. The van der Waals surface area contributed by atoms with Gasteiger partial charge >= 0.3 is 0 Å². The Kier molecular flexibility index (Phi) is 5.11. The Hall–Kier alpha value is -2.40. The average Bonchev–Trinajstić information content (AvgIpc) is 2.60. The summed E-state index contributed by atoms with van der Waals surface area (Å²) in [7, 11) is 0. The van der Waals surface area contributed by atoms with Crippen LogP contribution in [0.2, 0.25) is 0 Å². The number of nitro groups is 1. The van der Waals surface area contributed by atoms with Gasteiger partial charge in [-0.15, -0.1) is 0 Å². The van der Waals surface area contributed by atoms with Crippen molar-refractivity contribution in [3.05, 3.63) is 69.3 Å². The first-order valence-electron chi connectivity index (χ1n) is 8.37. The van der Waals surface area contributed by atoms with Gasteiger partial charge in [0.25, 0.3) is 5.69 Å². The average molecular weight is 326 g/mol. The van der Waals surface area contributed by atoms with Gasteiger partial charge in [-0.05, 0) is 43.4 Å². The molecule has 0 fully saturated rings. The first-order chi connectivity index (χ1) is 11.7. The number of hydrogen-bond donors (Lipinski definition) is 1. The minimum Gasteiger partial charge on any atom is -0.494 e. The number of benzene rings is 2.